The van der Waals surface area contributed by atoms with Gasteiger partial charge in [0.15, 0.2) is 0 Å². The van der Waals surface area contributed by atoms with Crippen molar-refractivity contribution < 1.29 is 0 Å². The molecule has 3 aromatic rings. The van der Waals surface area contributed by atoms with Crippen LogP contribution in [0.25, 0.3) is 10.9 Å². The highest BCUT2D eigenvalue weighted by Gasteiger charge is 2.05. The molecule has 6 heteroatoms. The van der Waals surface area contributed by atoms with Gasteiger partial charge in [0.25, 0.3) is 0 Å². The Balaban J connectivity index is 1.87. The van der Waals surface area contributed by atoms with E-state index in [9.17, 15) is 0 Å². The Hall–Kier alpha value is -2.34. The van der Waals surface area contributed by atoms with Gasteiger partial charge in [-0.3, -0.25) is 0 Å². The summed E-state index contributed by atoms with van der Waals surface area (Å²) in [6, 6.07) is 13.9. The summed E-state index contributed by atoms with van der Waals surface area (Å²) >= 11 is 3.54. The molecule has 0 spiro atoms. The molecule has 1 heterocycles. The number of rotatable bonds is 3. The normalized spacial score (nSPS) is 10.7. The zero-order valence-electron chi connectivity index (χ0n) is 11.2. The summed E-state index contributed by atoms with van der Waals surface area (Å²) in [6.45, 7) is 0.711. The predicted octanol–water partition coefficient (Wildman–Crippen LogP) is 3.17. The van der Waals surface area contributed by atoms with Crippen LogP contribution in [-0.4, -0.2) is 9.97 Å². The Kier molecular flexibility index (Phi) is 3.62. The Morgan fingerprint density at radius 3 is 2.67 bits per heavy atom. The first-order valence-electron chi connectivity index (χ1n) is 6.43. The first-order valence-corrected chi connectivity index (χ1v) is 7.23. The smallest absolute Gasteiger partial charge is 0.222 e. The Morgan fingerprint density at radius 2 is 1.86 bits per heavy atom. The monoisotopic (exact) mass is 343 g/mol. The van der Waals surface area contributed by atoms with Gasteiger partial charge < -0.3 is 16.8 Å². The van der Waals surface area contributed by atoms with Crippen LogP contribution in [0.5, 0.6) is 0 Å². The average molecular weight is 344 g/mol. The van der Waals surface area contributed by atoms with Crippen molar-refractivity contribution in [3.05, 3.63) is 52.5 Å². The zero-order chi connectivity index (χ0) is 14.8. The molecule has 1 aromatic heterocycles. The number of hydrogen-bond acceptors (Lipinski definition) is 5. The van der Waals surface area contributed by atoms with Crippen molar-refractivity contribution in [3.8, 4) is 0 Å². The lowest BCUT2D eigenvalue weighted by Gasteiger charge is -2.10. The molecule has 3 rings (SSSR count). The standard InChI is InChI=1S/C15H14BrN5/c16-12-4-2-1-3-9(12)8-19-10-5-6-13-11(7-10)14(17)21-15(18)20-13/h1-7,19H,8H2,(H4,17,18,20,21). The summed E-state index contributed by atoms with van der Waals surface area (Å²) in [7, 11) is 0. The van der Waals surface area contributed by atoms with E-state index in [1.54, 1.807) is 0 Å². The molecule has 106 valence electrons. The minimum atomic E-state index is 0.189. The van der Waals surface area contributed by atoms with E-state index >= 15 is 0 Å². The van der Waals surface area contributed by atoms with E-state index in [1.807, 2.05) is 36.4 Å². The van der Waals surface area contributed by atoms with Crippen LogP contribution >= 0.6 is 15.9 Å². The number of anilines is 3. The highest BCUT2D eigenvalue weighted by atomic mass is 79.9. The zero-order valence-corrected chi connectivity index (χ0v) is 12.8. The molecular weight excluding hydrogens is 330 g/mol. The summed E-state index contributed by atoms with van der Waals surface area (Å²) in [4.78, 5) is 8.15. The van der Waals surface area contributed by atoms with Gasteiger partial charge in [0, 0.05) is 22.1 Å². The third-order valence-corrected chi connectivity index (χ3v) is 3.96. The lowest BCUT2D eigenvalue weighted by Crippen LogP contribution is -2.03. The van der Waals surface area contributed by atoms with Crippen molar-refractivity contribution in [2.75, 3.05) is 16.8 Å². The third kappa shape index (κ3) is 2.90. The second-order valence-corrected chi connectivity index (χ2v) is 5.50. The minimum Gasteiger partial charge on any atom is -0.383 e. The van der Waals surface area contributed by atoms with E-state index in [4.69, 9.17) is 11.5 Å². The summed E-state index contributed by atoms with van der Waals surface area (Å²) < 4.78 is 1.08. The lowest BCUT2D eigenvalue weighted by atomic mass is 10.2. The van der Waals surface area contributed by atoms with Crippen LogP contribution in [0.15, 0.2) is 46.9 Å². The second kappa shape index (κ2) is 5.57. The summed E-state index contributed by atoms with van der Waals surface area (Å²) in [5.74, 6) is 0.580. The molecule has 5 nitrogen and oxygen atoms in total. The molecule has 0 saturated heterocycles. The fourth-order valence-electron chi connectivity index (χ4n) is 2.12. The first kappa shape index (κ1) is 13.6. The van der Waals surface area contributed by atoms with Crippen LogP contribution in [-0.2, 0) is 6.54 Å². The number of benzene rings is 2. The van der Waals surface area contributed by atoms with Crippen molar-refractivity contribution in [2.45, 2.75) is 6.54 Å². The van der Waals surface area contributed by atoms with Gasteiger partial charge in [0.2, 0.25) is 5.95 Å². The molecule has 0 radical (unpaired) electrons. The van der Waals surface area contributed by atoms with Gasteiger partial charge in [0.05, 0.1) is 5.52 Å². The molecule has 0 aliphatic carbocycles. The van der Waals surface area contributed by atoms with Crippen molar-refractivity contribution in [2.24, 2.45) is 0 Å². The highest BCUT2D eigenvalue weighted by molar-refractivity contribution is 9.10. The Bertz CT molecular complexity index is 803. The van der Waals surface area contributed by atoms with E-state index in [0.717, 1.165) is 21.1 Å². The van der Waals surface area contributed by atoms with Gasteiger partial charge in [-0.05, 0) is 29.8 Å². The quantitative estimate of drug-likeness (QED) is 0.679. The van der Waals surface area contributed by atoms with E-state index in [0.29, 0.717) is 12.4 Å². The van der Waals surface area contributed by atoms with Crippen LogP contribution in [0.3, 0.4) is 0 Å². The average Bonchev–Trinajstić information content (AvgIpc) is 2.46. The number of nitrogens with two attached hydrogens (primary N) is 2. The molecule has 0 aliphatic heterocycles. The predicted molar refractivity (Wildman–Crippen MR) is 89.8 cm³/mol. The van der Waals surface area contributed by atoms with Gasteiger partial charge in [-0.2, -0.15) is 4.98 Å². The van der Waals surface area contributed by atoms with Crippen molar-refractivity contribution in [1.29, 1.82) is 0 Å². The highest BCUT2D eigenvalue weighted by Crippen LogP contribution is 2.24. The van der Waals surface area contributed by atoms with Gasteiger partial charge in [-0.1, -0.05) is 34.1 Å². The summed E-state index contributed by atoms with van der Waals surface area (Å²) in [5.41, 5.74) is 14.4. The second-order valence-electron chi connectivity index (χ2n) is 4.64. The number of nitrogens with one attached hydrogen (secondary N) is 1. The lowest BCUT2D eigenvalue weighted by molar-refractivity contribution is 1.14. The number of hydrogen-bond donors (Lipinski definition) is 3. The van der Waals surface area contributed by atoms with Gasteiger partial charge in [-0.15, -0.1) is 0 Å². The Morgan fingerprint density at radius 1 is 1.05 bits per heavy atom. The number of fused-ring (bicyclic) bond motifs is 1. The van der Waals surface area contributed by atoms with Crippen molar-refractivity contribution >= 4 is 44.3 Å². The topological polar surface area (TPSA) is 89.8 Å². The maximum absolute atomic E-state index is 5.89. The SMILES string of the molecule is Nc1nc(N)c2cc(NCc3ccccc3Br)ccc2n1. The van der Waals surface area contributed by atoms with E-state index in [-0.39, 0.29) is 5.95 Å². The number of halogens is 1. The molecule has 0 fully saturated rings. The molecule has 0 unspecified atom stereocenters. The van der Waals surface area contributed by atoms with Crippen LogP contribution in [0, 0.1) is 0 Å². The molecule has 0 saturated carbocycles. The minimum absolute atomic E-state index is 0.189. The molecule has 2 aromatic carbocycles. The van der Waals surface area contributed by atoms with Crippen LogP contribution in [0.1, 0.15) is 5.56 Å². The number of nitrogens with zero attached hydrogens (tertiary/aromatic N) is 2. The van der Waals surface area contributed by atoms with Crippen LogP contribution in [0.2, 0.25) is 0 Å². The third-order valence-electron chi connectivity index (χ3n) is 3.18. The summed E-state index contributed by atoms with van der Waals surface area (Å²) in [6.07, 6.45) is 0. The molecule has 0 atom stereocenters. The van der Waals surface area contributed by atoms with Crippen molar-refractivity contribution in [1.82, 2.24) is 9.97 Å². The largest absolute Gasteiger partial charge is 0.383 e. The first-order chi connectivity index (χ1) is 10.1. The molecule has 21 heavy (non-hydrogen) atoms. The maximum atomic E-state index is 5.89. The van der Waals surface area contributed by atoms with Gasteiger partial charge in [0.1, 0.15) is 5.82 Å². The van der Waals surface area contributed by atoms with Crippen LogP contribution < -0.4 is 16.8 Å². The van der Waals surface area contributed by atoms with E-state index < -0.39 is 0 Å². The van der Waals surface area contributed by atoms with Crippen molar-refractivity contribution in [3.63, 3.8) is 0 Å². The Labute approximate surface area is 130 Å². The van der Waals surface area contributed by atoms with Gasteiger partial charge in [-0.25, -0.2) is 4.98 Å². The number of nitrogen functional groups attached to an aromatic ring is 2. The fourth-order valence-corrected chi connectivity index (χ4v) is 2.54. The fraction of sp³-hybridized carbons (Fsp3) is 0.0667. The molecular formula is C15H14BrN5. The summed E-state index contributed by atoms with van der Waals surface area (Å²) in [5, 5.41) is 4.16. The molecule has 0 aliphatic rings. The maximum Gasteiger partial charge on any atom is 0.222 e. The molecule has 5 N–H and O–H groups in total. The molecule has 0 bridgehead atoms. The van der Waals surface area contributed by atoms with Crippen LogP contribution in [0.4, 0.5) is 17.5 Å². The van der Waals surface area contributed by atoms with Gasteiger partial charge >= 0.3 is 0 Å². The number of aromatic nitrogens is 2. The van der Waals surface area contributed by atoms with E-state index in [1.165, 1.54) is 5.56 Å². The van der Waals surface area contributed by atoms with E-state index in [2.05, 4.69) is 37.3 Å². The molecule has 0 amide bonds.